The van der Waals surface area contributed by atoms with Crippen molar-refractivity contribution in [2.45, 2.75) is 30.6 Å². The maximum Gasteiger partial charge on any atom is 0.324 e. The molecule has 0 aromatic carbocycles. The summed E-state index contributed by atoms with van der Waals surface area (Å²) in [6.45, 7) is 0.843. The highest BCUT2D eigenvalue weighted by Crippen LogP contribution is 2.33. The molecule has 0 amide bonds. The highest BCUT2D eigenvalue weighted by molar-refractivity contribution is 5.81. The Kier molecular flexibility index (Phi) is 3.80. The number of nitrogens with zero attached hydrogens (tertiary/aromatic N) is 5. The number of aliphatic hydroxyl groups excluding tert-OH is 2. The van der Waals surface area contributed by atoms with Crippen LogP contribution in [0.1, 0.15) is 6.23 Å². The van der Waals surface area contributed by atoms with Gasteiger partial charge in [0.05, 0.1) is 13.4 Å². The third-order valence-corrected chi connectivity index (χ3v) is 4.60. The molecule has 25 heavy (non-hydrogen) atoms. The van der Waals surface area contributed by atoms with Crippen LogP contribution in [0.5, 0.6) is 0 Å². The average Bonchev–Trinajstić information content (AvgIpc) is 3.16. The number of aliphatic hydroxyl groups is 2. The van der Waals surface area contributed by atoms with E-state index in [-0.39, 0.29) is 17.8 Å². The molecule has 2 aromatic rings. The molecule has 2 aliphatic rings. The molecule has 0 saturated carbocycles. The van der Waals surface area contributed by atoms with Gasteiger partial charge in [-0.15, -0.1) is 0 Å². The van der Waals surface area contributed by atoms with Crippen LogP contribution in [0.15, 0.2) is 12.7 Å². The molecule has 2 fully saturated rings. The van der Waals surface area contributed by atoms with Crippen molar-refractivity contribution >= 4 is 23.0 Å². The number of aromatic nitrogens is 4. The Morgan fingerprint density at radius 2 is 2.20 bits per heavy atom. The summed E-state index contributed by atoms with van der Waals surface area (Å²) in [4.78, 5) is 25.4. The number of fused-ring (bicyclic) bond motifs is 1. The van der Waals surface area contributed by atoms with E-state index >= 15 is 0 Å². The van der Waals surface area contributed by atoms with Crippen molar-refractivity contribution in [3.05, 3.63) is 12.7 Å². The second-order valence-corrected chi connectivity index (χ2v) is 6.12. The van der Waals surface area contributed by atoms with Crippen molar-refractivity contribution < 1.29 is 24.5 Å². The highest BCUT2D eigenvalue weighted by atomic mass is 16.6. The first-order valence-corrected chi connectivity index (χ1v) is 7.77. The van der Waals surface area contributed by atoms with Gasteiger partial charge in [0.25, 0.3) is 0 Å². The lowest BCUT2D eigenvalue weighted by Gasteiger charge is -2.16. The summed E-state index contributed by atoms with van der Waals surface area (Å²) >= 11 is 0. The van der Waals surface area contributed by atoms with E-state index in [9.17, 15) is 15.0 Å². The molecule has 4 N–H and O–H groups in total. The van der Waals surface area contributed by atoms with Gasteiger partial charge in [0.15, 0.2) is 17.7 Å². The van der Waals surface area contributed by atoms with Crippen LogP contribution in [0.4, 0.5) is 5.82 Å². The summed E-state index contributed by atoms with van der Waals surface area (Å²) in [6, 6.07) is -0.321. The molecule has 11 nitrogen and oxygen atoms in total. The van der Waals surface area contributed by atoms with Crippen molar-refractivity contribution in [2.24, 2.45) is 0 Å². The Labute approximate surface area is 142 Å². The fourth-order valence-corrected chi connectivity index (χ4v) is 3.13. The predicted molar refractivity (Wildman–Crippen MR) is 83.0 cm³/mol. The molecule has 0 radical (unpaired) electrons. The first-order valence-electron chi connectivity index (χ1n) is 7.77. The molecule has 4 heterocycles. The lowest BCUT2D eigenvalue weighted by atomic mass is 10.1. The van der Waals surface area contributed by atoms with Crippen LogP contribution in [0.2, 0.25) is 0 Å². The zero-order valence-electron chi connectivity index (χ0n) is 13.4. The zero-order valence-corrected chi connectivity index (χ0v) is 13.4. The molecule has 2 aliphatic heterocycles. The Hall–Kier alpha value is -2.34. The number of hydrogen-bond acceptors (Lipinski definition) is 10. The van der Waals surface area contributed by atoms with E-state index in [2.05, 4.69) is 19.7 Å². The third kappa shape index (κ3) is 2.61. The Bertz CT molecular complexity index is 812. The van der Waals surface area contributed by atoms with Crippen molar-refractivity contribution in [3.8, 4) is 0 Å². The molecule has 0 aliphatic carbocycles. The molecule has 2 saturated heterocycles. The summed E-state index contributed by atoms with van der Waals surface area (Å²) in [5.74, 6) is -0.101. The van der Waals surface area contributed by atoms with E-state index < -0.39 is 24.5 Å². The van der Waals surface area contributed by atoms with Crippen LogP contribution in [-0.4, -0.2) is 85.2 Å². The average molecular weight is 350 g/mol. The van der Waals surface area contributed by atoms with Crippen LogP contribution in [0.3, 0.4) is 0 Å². The first-order chi connectivity index (χ1) is 12.0. The van der Waals surface area contributed by atoms with Gasteiger partial charge in [-0.1, -0.05) is 0 Å². The predicted octanol–water partition coefficient (Wildman–Crippen LogP) is -2.12. The SMILES string of the molecule is COC(=O)C1CN1C[C@H]1O[C@@H](n2cnc3c(N)ncnc32)[C@H](O)[C@@H]1O. The number of rotatable bonds is 4. The Morgan fingerprint density at radius 1 is 1.40 bits per heavy atom. The molecule has 6 atom stereocenters. The maximum absolute atomic E-state index is 11.5. The molecular formula is C14H18N6O5. The number of methoxy groups -OCH3 is 1. The molecule has 2 unspecified atom stereocenters. The monoisotopic (exact) mass is 350 g/mol. The summed E-state index contributed by atoms with van der Waals surface area (Å²) in [7, 11) is 1.33. The minimum absolute atomic E-state index is 0.221. The number of carbonyl (C=O) groups excluding carboxylic acids is 1. The number of carbonyl (C=O) groups is 1. The van der Waals surface area contributed by atoms with Crippen LogP contribution in [-0.2, 0) is 14.3 Å². The fourth-order valence-electron chi connectivity index (χ4n) is 3.13. The number of anilines is 1. The first kappa shape index (κ1) is 16.1. The quantitative estimate of drug-likeness (QED) is 0.413. The number of esters is 1. The number of imidazole rings is 1. The zero-order chi connectivity index (χ0) is 17.7. The summed E-state index contributed by atoms with van der Waals surface area (Å²) in [6.07, 6.45) is -1.08. The van der Waals surface area contributed by atoms with Gasteiger partial charge < -0.3 is 25.4 Å². The third-order valence-electron chi connectivity index (χ3n) is 4.60. The Morgan fingerprint density at radius 3 is 2.96 bits per heavy atom. The van der Waals surface area contributed by atoms with Crippen molar-refractivity contribution in [1.29, 1.82) is 0 Å². The number of nitrogen functional groups attached to an aromatic ring is 1. The maximum atomic E-state index is 11.5. The lowest BCUT2D eigenvalue weighted by molar-refractivity contribution is -0.141. The van der Waals surface area contributed by atoms with E-state index in [0.717, 1.165) is 0 Å². The van der Waals surface area contributed by atoms with Crippen LogP contribution < -0.4 is 5.73 Å². The largest absolute Gasteiger partial charge is 0.468 e. The van der Waals surface area contributed by atoms with Gasteiger partial charge in [-0.2, -0.15) is 0 Å². The van der Waals surface area contributed by atoms with Crippen LogP contribution in [0, 0.1) is 0 Å². The van der Waals surface area contributed by atoms with Gasteiger partial charge in [-0.3, -0.25) is 14.3 Å². The number of nitrogens with two attached hydrogens (primary N) is 1. The van der Waals surface area contributed by atoms with Gasteiger partial charge in [0.1, 0.15) is 36.2 Å². The number of ether oxygens (including phenoxy) is 2. The fraction of sp³-hybridized carbons (Fsp3) is 0.571. The lowest BCUT2D eigenvalue weighted by Crippen LogP contribution is -2.35. The standard InChI is InChI=1S/C14H18N6O5/c1-24-14(23)6-2-19(6)3-7-9(21)10(22)13(25-7)20-5-18-8-11(15)16-4-17-12(8)20/h4-7,9-10,13,21-22H,2-3H2,1H3,(H2,15,16,17)/t6?,7-,9-,10-,13-,19?/m1/s1. The normalized spacial score (nSPS) is 34.4. The highest BCUT2D eigenvalue weighted by Gasteiger charge is 2.49. The van der Waals surface area contributed by atoms with Gasteiger partial charge in [-0.25, -0.2) is 15.0 Å². The van der Waals surface area contributed by atoms with E-state index in [1.54, 1.807) is 4.90 Å². The van der Waals surface area contributed by atoms with Crippen LogP contribution >= 0.6 is 0 Å². The van der Waals surface area contributed by atoms with Crippen molar-refractivity contribution in [1.82, 2.24) is 24.4 Å². The van der Waals surface area contributed by atoms with E-state index in [4.69, 9.17) is 10.5 Å². The number of hydrogen-bond donors (Lipinski definition) is 3. The van der Waals surface area contributed by atoms with Crippen molar-refractivity contribution in [2.75, 3.05) is 25.9 Å². The molecule has 0 bridgehead atoms. The minimum atomic E-state index is -1.17. The van der Waals surface area contributed by atoms with E-state index in [1.165, 1.54) is 24.3 Å². The van der Waals surface area contributed by atoms with E-state index in [0.29, 0.717) is 24.3 Å². The smallest absolute Gasteiger partial charge is 0.324 e. The van der Waals surface area contributed by atoms with Gasteiger partial charge >= 0.3 is 5.97 Å². The van der Waals surface area contributed by atoms with Gasteiger partial charge in [0, 0.05) is 13.1 Å². The molecule has 11 heteroatoms. The second kappa shape index (κ2) is 5.88. The summed E-state index contributed by atoms with van der Waals surface area (Å²) < 4.78 is 12.0. The summed E-state index contributed by atoms with van der Waals surface area (Å²) in [5, 5.41) is 20.7. The second-order valence-electron chi connectivity index (χ2n) is 6.12. The topological polar surface area (TPSA) is 149 Å². The van der Waals surface area contributed by atoms with E-state index in [1.807, 2.05) is 0 Å². The summed E-state index contributed by atoms with van der Waals surface area (Å²) in [5.41, 5.74) is 6.56. The Balaban J connectivity index is 1.52. The van der Waals surface area contributed by atoms with Crippen LogP contribution in [0.25, 0.3) is 11.2 Å². The molecule has 2 aromatic heterocycles. The molecule has 4 rings (SSSR count). The van der Waals surface area contributed by atoms with Gasteiger partial charge in [-0.05, 0) is 0 Å². The van der Waals surface area contributed by atoms with Gasteiger partial charge in [0.2, 0.25) is 0 Å². The molecule has 0 spiro atoms. The molecule has 134 valence electrons. The molecular weight excluding hydrogens is 332 g/mol. The van der Waals surface area contributed by atoms with Crippen molar-refractivity contribution in [3.63, 3.8) is 0 Å². The minimum Gasteiger partial charge on any atom is -0.468 e.